The quantitative estimate of drug-likeness (QED) is 0.692. The normalized spacial score (nSPS) is 14.8. The molecule has 1 N–H and O–H groups in total. The van der Waals surface area contributed by atoms with Crippen LogP contribution < -0.4 is 4.90 Å². The third-order valence-corrected chi connectivity index (χ3v) is 5.47. The Kier molecular flexibility index (Phi) is 3.92. The number of halogens is 1. The van der Waals surface area contributed by atoms with Crippen molar-refractivity contribution in [3.63, 3.8) is 0 Å². The first-order chi connectivity index (χ1) is 12.4. The molecule has 1 aromatic heterocycles. The Morgan fingerprint density at radius 1 is 1.08 bits per heavy atom. The van der Waals surface area contributed by atoms with Crippen molar-refractivity contribution in [2.45, 2.75) is 32.6 Å². The Bertz CT molecular complexity index is 924. The zero-order chi connectivity index (χ0) is 18.5. The summed E-state index contributed by atoms with van der Waals surface area (Å²) in [5.41, 5.74) is 6.60. The molecule has 0 unspecified atom stereocenters. The van der Waals surface area contributed by atoms with Crippen LogP contribution in [0.2, 0.25) is 5.02 Å². The smallest absolute Gasteiger partial charge is 0.102 e. The molecule has 0 saturated carbocycles. The van der Waals surface area contributed by atoms with Crippen LogP contribution in [-0.2, 0) is 11.8 Å². The average Bonchev–Trinajstić information content (AvgIpc) is 3.01. The fourth-order valence-corrected chi connectivity index (χ4v) is 3.96. The number of hydrogen-bond acceptors (Lipinski definition) is 4. The van der Waals surface area contributed by atoms with E-state index in [2.05, 4.69) is 66.3 Å². The molecule has 3 aromatic rings. The van der Waals surface area contributed by atoms with E-state index in [9.17, 15) is 5.21 Å². The van der Waals surface area contributed by atoms with Gasteiger partial charge in [-0.3, -0.25) is 0 Å². The zero-order valence-electron chi connectivity index (χ0n) is 15.1. The lowest BCUT2D eigenvalue weighted by atomic mass is 9.73. The Labute approximate surface area is 157 Å². The maximum Gasteiger partial charge on any atom is 0.102 e. The number of hydrogen-bond donors (Lipinski definition) is 1. The van der Waals surface area contributed by atoms with Gasteiger partial charge in [0.25, 0.3) is 0 Å². The topological polar surface area (TPSA) is 54.2 Å². The van der Waals surface area contributed by atoms with E-state index in [1.807, 2.05) is 6.07 Å². The number of anilines is 2. The van der Waals surface area contributed by atoms with E-state index in [1.165, 1.54) is 22.4 Å². The fraction of sp³-hybridized carbons (Fsp3) is 0.300. The first-order valence-corrected chi connectivity index (χ1v) is 9.03. The SMILES string of the molecule is Cc1ccc2c(c1)C(C)(C)c1cc(Cl)ccc1N2CCc1cnnn1O. The zero-order valence-corrected chi connectivity index (χ0v) is 15.8. The molecule has 134 valence electrons. The minimum atomic E-state index is -0.140. The summed E-state index contributed by atoms with van der Waals surface area (Å²) < 4.78 is 0. The molecule has 2 heterocycles. The standard InChI is InChI=1S/C20H21ClN4O/c1-13-4-6-18-16(10-13)20(2,3)17-11-14(21)5-7-19(17)24(18)9-8-15-12-22-23-25(15)26/h4-7,10-12,26H,8-9H2,1-3H3. The van der Waals surface area contributed by atoms with Crippen LogP contribution in [0.15, 0.2) is 42.6 Å². The van der Waals surface area contributed by atoms with Gasteiger partial charge in [0.1, 0.15) is 5.69 Å². The summed E-state index contributed by atoms with van der Waals surface area (Å²) in [6, 6.07) is 12.6. The second-order valence-corrected chi connectivity index (χ2v) is 7.76. The Morgan fingerprint density at radius 3 is 2.46 bits per heavy atom. The molecule has 0 saturated heterocycles. The fourth-order valence-electron chi connectivity index (χ4n) is 3.79. The summed E-state index contributed by atoms with van der Waals surface area (Å²) in [6.07, 6.45) is 2.21. The van der Waals surface area contributed by atoms with Crippen LogP contribution in [0.5, 0.6) is 0 Å². The van der Waals surface area contributed by atoms with E-state index < -0.39 is 0 Å². The summed E-state index contributed by atoms with van der Waals surface area (Å²) in [7, 11) is 0. The predicted octanol–water partition coefficient (Wildman–Crippen LogP) is 4.50. The van der Waals surface area contributed by atoms with Crippen LogP contribution >= 0.6 is 11.6 Å². The predicted molar refractivity (Wildman–Crippen MR) is 103 cm³/mol. The van der Waals surface area contributed by atoms with Crippen LogP contribution in [0, 0.1) is 6.92 Å². The molecule has 5 nitrogen and oxygen atoms in total. The highest BCUT2D eigenvalue weighted by Gasteiger charge is 2.36. The van der Waals surface area contributed by atoms with E-state index in [0.717, 1.165) is 15.6 Å². The van der Waals surface area contributed by atoms with E-state index in [-0.39, 0.29) is 5.41 Å². The van der Waals surface area contributed by atoms with E-state index in [4.69, 9.17) is 11.6 Å². The van der Waals surface area contributed by atoms with E-state index >= 15 is 0 Å². The Morgan fingerprint density at radius 2 is 1.77 bits per heavy atom. The van der Waals surface area contributed by atoms with Crippen molar-refractivity contribution in [3.8, 4) is 0 Å². The first-order valence-electron chi connectivity index (χ1n) is 8.65. The van der Waals surface area contributed by atoms with Gasteiger partial charge >= 0.3 is 0 Å². The van der Waals surface area contributed by atoms with Gasteiger partial charge in [0, 0.05) is 34.8 Å². The molecule has 0 atom stereocenters. The van der Waals surface area contributed by atoms with Gasteiger partial charge in [-0.2, -0.15) is 0 Å². The largest absolute Gasteiger partial charge is 0.410 e. The van der Waals surface area contributed by atoms with Gasteiger partial charge in [-0.1, -0.05) is 48.0 Å². The molecule has 26 heavy (non-hydrogen) atoms. The molecule has 0 radical (unpaired) electrons. The van der Waals surface area contributed by atoms with Gasteiger partial charge in [0.2, 0.25) is 0 Å². The Balaban J connectivity index is 1.83. The molecular weight excluding hydrogens is 348 g/mol. The lowest BCUT2D eigenvalue weighted by molar-refractivity contribution is 0.134. The summed E-state index contributed by atoms with van der Waals surface area (Å²) in [5, 5.41) is 17.8. The van der Waals surface area contributed by atoms with Gasteiger partial charge in [-0.15, -0.1) is 5.10 Å². The lowest BCUT2D eigenvalue weighted by Crippen LogP contribution is -2.34. The van der Waals surface area contributed by atoms with Crippen molar-refractivity contribution in [3.05, 3.63) is 70.0 Å². The maximum absolute atomic E-state index is 9.73. The van der Waals surface area contributed by atoms with Crippen LogP contribution in [0.1, 0.15) is 36.2 Å². The van der Waals surface area contributed by atoms with Crippen LogP contribution in [-0.4, -0.2) is 26.9 Å². The van der Waals surface area contributed by atoms with Crippen molar-refractivity contribution in [1.29, 1.82) is 0 Å². The first kappa shape index (κ1) is 16.9. The summed E-state index contributed by atoms with van der Waals surface area (Å²) in [4.78, 5) is 3.13. The molecule has 0 bridgehead atoms. The van der Waals surface area contributed by atoms with Crippen LogP contribution in [0.25, 0.3) is 0 Å². The number of fused-ring (bicyclic) bond motifs is 2. The lowest BCUT2D eigenvalue weighted by Gasteiger charge is -2.42. The third kappa shape index (κ3) is 2.63. The minimum Gasteiger partial charge on any atom is -0.410 e. The van der Waals surface area contributed by atoms with E-state index in [1.54, 1.807) is 6.20 Å². The molecular formula is C20H21ClN4O. The molecule has 1 aliphatic rings. The molecule has 6 heteroatoms. The second kappa shape index (κ2) is 6.02. The number of nitrogens with zero attached hydrogens (tertiary/aromatic N) is 4. The van der Waals surface area contributed by atoms with Crippen LogP contribution in [0.3, 0.4) is 0 Å². The Hall–Kier alpha value is -2.53. The maximum atomic E-state index is 9.73. The molecule has 0 aliphatic carbocycles. The average molecular weight is 369 g/mol. The third-order valence-electron chi connectivity index (χ3n) is 5.23. The molecule has 2 aromatic carbocycles. The van der Waals surface area contributed by atoms with Crippen molar-refractivity contribution in [2.75, 3.05) is 11.4 Å². The number of rotatable bonds is 3. The van der Waals surface area contributed by atoms with E-state index in [0.29, 0.717) is 18.7 Å². The van der Waals surface area contributed by atoms with Gasteiger partial charge in [0.15, 0.2) is 0 Å². The summed E-state index contributed by atoms with van der Waals surface area (Å²) in [6.45, 7) is 7.30. The highest BCUT2D eigenvalue weighted by Crippen LogP contribution is 2.49. The molecule has 0 amide bonds. The van der Waals surface area contributed by atoms with Gasteiger partial charge in [-0.25, -0.2) is 0 Å². The van der Waals surface area contributed by atoms with Gasteiger partial charge in [-0.05, 0) is 47.5 Å². The molecule has 4 rings (SSSR count). The van der Waals surface area contributed by atoms with Crippen LogP contribution in [0.4, 0.5) is 11.4 Å². The second-order valence-electron chi connectivity index (χ2n) is 7.32. The van der Waals surface area contributed by atoms with Crippen molar-refractivity contribution < 1.29 is 5.21 Å². The number of benzene rings is 2. The molecule has 1 aliphatic heterocycles. The monoisotopic (exact) mass is 368 g/mol. The number of aryl methyl sites for hydroxylation is 1. The van der Waals surface area contributed by atoms with Crippen molar-refractivity contribution in [1.82, 2.24) is 15.2 Å². The molecule has 0 fully saturated rings. The van der Waals surface area contributed by atoms with Crippen molar-refractivity contribution >= 4 is 23.0 Å². The molecule has 0 spiro atoms. The number of aromatic nitrogens is 3. The highest BCUT2D eigenvalue weighted by atomic mass is 35.5. The highest BCUT2D eigenvalue weighted by molar-refractivity contribution is 6.30. The van der Waals surface area contributed by atoms with Gasteiger partial charge in [0.05, 0.1) is 6.20 Å². The van der Waals surface area contributed by atoms with Gasteiger partial charge < -0.3 is 10.1 Å². The summed E-state index contributed by atoms with van der Waals surface area (Å²) in [5.74, 6) is 0. The summed E-state index contributed by atoms with van der Waals surface area (Å²) >= 11 is 6.32. The van der Waals surface area contributed by atoms with Crippen molar-refractivity contribution in [2.24, 2.45) is 0 Å². The minimum absolute atomic E-state index is 0.140.